The topological polar surface area (TPSA) is 52.6 Å². The van der Waals surface area contributed by atoms with Gasteiger partial charge in [0, 0.05) is 0 Å². The molecule has 0 unspecified atom stereocenters. The van der Waals surface area contributed by atoms with Crippen molar-refractivity contribution in [2.24, 2.45) is 0 Å². The minimum atomic E-state index is -0.324. The van der Waals surface area contributed by atoms with E-state index < -0.39 is 0 Å². The number of ether oxygens (including phenoxy) is 2. The third-order valence-corrected chi connectivity index (χ3v) is 7.42. The maximum absolute atomic E-state index is 13.1. The van der Waals surface area contributed by atoms with Crippen LogP contribution in [0, 0.1) is 0 Å². The van der Waals surface area contributed by atoms with E-state index in [9.17, 15) is 9.59 Å². The second-order valence-electron chi connectivity index (χ2n) is 12.7. The fourth-order valence-corrected chi connectivity index (χ4v) is 5.74. The number of esters is 2. The number of rotatable bonds is 12. The summed E-state index contributed by atoms with van der Waals surface area (Å²) in [5.74, 6) is 1.15. The Labute approximate surface area is 243 Å². The van der Waals surface area contributed by atoms with Crippen LogP contribution in [-0.4, -0.2) is 25.2 Å². The summed E-state index contributed by atoms with van der Waals surface area (Å²) < 4.78 is 11.2. The molecule has 0 heterocycles. The number of hydrogen-bond acceptors (Lipinski definition) is 4. The highest BCUT2D eigenvalue weighted by atomic mass is 16.5. The summed E-state index contributed by atoms with van der Waals surface area (Å²) in [5, 5.41) is 0. The van der Waals surface area contributed by atoms with Crippen molar-refractivity contribution in [3.8, 4) is 0 Å². The van der Waals surface area contributed by atoms with Gasteiger partial charge in [-0.05, 0) is 93.2 Å². The van der Waals surface area contributed by atoms with Crippen LogP contribution in [0.2, 0.25) is 0 Å². The van der Waals surface area contributed by atoms with Gasteiger partial charge in [-0.1, -0.05) is 95.2 Å². The minimum absolute atomic E-state index is 0.120. The molecule has 0 spiro atoms. The summed E-state index contributed by atoms with van der Waals surface area (Å²) in [7, 11) is 0. The van der Waals surface area contributed by atoms with Gasteiger partial charge in [-0.3, -0.25) is 0 Å². The molecule has 0 saturated carbocycles. The van der Waals surface area contributed by atoms with Gasteiger partial charge >= 0.3 is 11.9 Å². The predicted octanol–water partition coefficient (Wildman–Crippen LogP) is 10.00. The lowest BCUT2D eigenvalue weighted by atomic mass is 9.81. The normalized spacial score (nSPS) is 12.2. The summed E-state index contributed by atoms with van der Waals surface area (Å²) in [5.41, 5.74) is 8.51. The van der Waals surface area contributed by atoms with Crippen molar-refractivity contribution in [3.05, 3.63) is 80.9 Å². The molecule has 0 fully saturated rings. The molecule has 0 N–H and O–H groups in total. The molecule has 0 aromatic heterocycles. The largest absolute Gasteiger partial charge is 0.458 e. The van der Waals surface area contributed by atoms with Crippen LogP contribution >= 0.6 is 0 Å². The van der Waals surface area contributed by atoms with Gasteiger partial charge in [0.25, 0.3) is 0 Å². The molecule has 4 nitrogen and oxygen atoms in total. The molecular formula is C36H52O4. The van der Waals surface area contributed by atoms with Crippen molar-refractivity contribution >= 4 is 11.9 Å². The summed E-state index contributed by atoms with van der Waals surface area (Å²) in [6.07, 6.45) is 3.47. The summed E-state index contributed by atoms with van der Waals surface area (Å²) in [6, 6.07) is 7.96. The fourth-order valence-electron chi connectivity index (χ4n) is 5.74. The van der Waals surface area contributed by atoms with Crippen LogP contribution in [0.15, 0.2) is 36.4 Å². The van der Waals surface area contributed by atoms with Gasteiger partial charge in [-0.25, -0.2) is 9.59 Å². The Balaban J connectivity index is 2.12. The minimum Gasteiger partial charge on any atom is -0.458 e. The quantitative estimate of drug-likeness (QED) is 0.196. The van der Waals surface area contributed by atoms with Crippen molar-refractivity contribution in [2.45, 2.75) is 119 Å². The summed E-state index contributed by atoms with van der Waals surface area (Å²) in [6.45, 7) is 26.2. The molecule has 2 rings (SSSR count). The Hall–Kier alpha value is -2.88. The second kappa shape index (κ2) is 14.7. The van der Waals surface area contributed by atoms with Gasteiger partial charge in [0.15, 0.2) is 0 Å². The molecule has 0 aliphatic carbocycles. The molecular weight excluding hydrogens is 496 g/mol. The molecule has 0 amide bonds. The fraction of sp³-hybridized carbons (Fsp3) is 0.556. The van der Waals surface area contributed by atoms with Crippen LogP contribution in [0.3, 0.4) is 0 Å². The van der Waals surface area contributed by atoms with Gasteiger partial charge in [0.1, 0.15) is 13.2 Å². The van der Waals surface area contributed by atoms with E-state index in [0.717, 1.165) is 11.1 Å². The highest BCUT2D eigenvalue weighted by Gasteiger charge is 2.25. The first-order valence-electron chi connectivity index (χ1n) is 15.0. The lowest BCUT2D eigenvalue weighted by molar-refractivity contribution is 0.0525. The molecule has 2 aromatic carbocycles. The first-order valence-corrected chi connectivity index (χ1v) is 15.0. The molecule has 0 radical (unpaired) electrons. The van der Waals surface area contributed by atoms with Crippen molar-refractivity contribution in [1.29, 1.82) is 0 Å². The average molecular weight is 549 g/mol. The van der Waals surface area contributed by atoms with Crippen molar-refractivity contribution in [1.82, 2.24) is 0 Å². The average Bonchev–Trinajstić information content (AvgIpc) is 2.87. The predicted molar refractivity (Wildman–Crippen MR) is 167 cm³/mol. The van der Waals surface area contributed by atoms with E-state index in [-0.39, 0.29) is 37.0 Å². The third kappa shape index (κ3) is 7.86. The Morgan fingerprint density at radius 1 is 0.500 bits per heavy atom. The van der Waals surface area contributed by atoms with E-state index in [1.54, 1.807) is 12.2 Å². The summed E-state index contributed by atoms with van der Waals surface area (Å²) >= 11 is 0. The lowest BCUT2D eigenvalue weighted by Crippen LogP contribution is -2.15. The maximum atomic E-state index is 13.1. The van der Waals surface area contributed by atoms with E-state index in [4.69, 9.17) is 9.47 Å². The first-order chi connectivity index (χ1) is 18.7. The molecule has 0 aliphatic rings. The Bertz CT molecular complexity index is 1100. The first kappa shape index (κ1) is 33.3. The number of carbonyl (C=O) groups is 2. The van der Waals surface area contributed by atoms with Gasteiger partial charge < -0.3 is 9.47 Å². The van der Waals surface area contributed by atoms with E-state index in [1.165, 1.54) is 22.3 Å². The standard InChI is InChI=1S/C36H52O4/c1-21(2)27-15-17-29(33(25(9)10)31(27)23(5)6)35(37)39-19-13-14-20-40-36(38)30-18-16-28(22(3)4)32(24(7)8)34(30)26(11)12/h13-18,21-26H,19-20H2,1-12H3/b14-13+. The monoisotopic (exact) mass is 548 g/mol. The van der Waals surface area contributed by atoms with Gasteiger partial charge in [0.2, 0.25) is 0 Å². The lowest BCUT2D eigenvalue weighted by Gasteiger charge is -2.25. The zero-order valence-electron chi connectivity index (χ0n) is 27.0. The van der Waals surface area contributed by atoms with Gasteiger partial charge in [0.05, 0.1) is 11.1 Å². The van der Waals surface area contributed by atoms with Crippen LogP contribution in [0.4, 0.5) is 0 Å². The molecule has 0 bridgehead atoms. The van der Waals surface area contributed by atoms with Gasteiger partial charge in [-0.15, -0.1) is 0 Å². The Kier molecular flexibility index (Phi) is 12.2. The Morgan fingerprint density at radius 3 is 1.05 bits per heavy atom. The molecule has 2 aromatic rings. The zero-order chi connectivity index (χ0) is 30.3. The van der Waals surface area contributed by atoms with Crippen LogP contribution in [0.5, 0.6) is 0 Å². The van der Waals surface area contributed by atoms with Crippen molar-refractivity contribution in [3.63, 3.8) is 0 Å². The number of benzene rings is 2. The van der Waals surface area contributed by atoms with Crippen LogP contribution in [0.25, 0.3) is 0 Å². The highest BCUT2D eigenvalue weighted by Crippen LogP contribution is 2.37. The van der Waals surface area contributed by atoms with E-state index >= 15 is 0 Å². The van der Waals surface area contributed by atoms with Crippen LogP contribution in [-0.2, 0) is 9.47 Å². The molecule has 220 valence electrons. The number of carbonyl (C=O) groups excluding carboxylic acids is 2. The molecule has 4 heteroatoms. The summed E-state index contributed by atoms with van der Waals surface area (Å²) in [4.78, 5) is 26.1. The zero-order valence-corrected chi connectivity index (χ0v) is 27.0. The smallest absolute Gasteiger partial charge is 0.338 e. The molecule has 0 saturated heterocycles. The maximum Gasteiger partial charge on any atom is 0.338 e. The third-order valence-electron chi connectivity index (χ3n) is 7.42. The van der Waals surface area contributed by atoms with Gasteiger partial charge in [-0.2, -0.15) is 0 Å². The van der Waals surface area contributed by atoms with Crippen molar-refractivity contribution in [2.75, 3.05) is 13.2 Å². The van der Waals surface area contributed by atoms with Crippen LogP contribution < -0.4 is 0 Å². The van der Waals surface area contributed by atoms with Crippen molar-refractivity contribution < 1.29 is 19.1 Å². The van der Waals surface area contributed by atoms with Crippen LogP contribution in [0.1, 0.15) is 173 Å². The Morgan fingerprint density at radius 2 is 0.800 bits per heavy atom. The molecule has 0 aliphatic heterocycles. The SMILES string of the molecule is CC(C)c1ccc(C(=O)OC/C=C/COC(=O)c2ccc(C(C)C)c(C(C)C)c2C(C)C)c(C(C)C)c1C(C)C. The molecule has 40 heavy (non-hydrogen) atoms. The van der Waals surface area contributed by atoms with E-state index in [2.05, 4.69) is 95.2 Å². The van der Waals surface area contributed by atoms with E-state index in [0.29, 0.717) is 34.8 Å². The second-order valence-corrected chi connectivity index (χ2v) is 12.7. The highest BCUT2D eigenvalue weighted by molar-refractivity contribution is 5.93. The number of hydrogen-bond donors (Lipinski definition) is 0. The van der Waals surface area contributed by atoms with E-state index in [1.807, 2.05) is 12.1 Å². The molecule has 0 atom stereocenters.